The van der Waals surface area contributed by atoms with Crippen LogP contribution in [0.5, 0.6) is 5.75 Å². The molecule has 1 aromatic carbocycles. The minimum absolute atomic E-state index is 0.187. The van der Waals surface area contributed by atoms with Crippen molar-refractivity contribution in [3.05, 3.63) is 23.8 Å². The second-order valence-electron chi connectivity index (χ2n) is 4.09. The smallest absolute Gasteiger partial charge is 0.425 e. The number of halogens is 3. The molecule has 0 aliphatic heterocycles. The molecular formula is C13H15F3O4S. The van der Waals surface area contributed by atoms with Crippen molar-refractivity contribution in [1.29, 1.82) is 0 Å². The summed E-state index contributed by atoms with van der Waals surface area (Å²) in [6.07, 6.45) is -6.64. The highest BCUT2D eigenvalue weighted by Gasteiger charge is 2.38. The lowest BCUT2D eigenvalue weighted by molar-refractivity contribution is -0.189. The number of benzene rings is 1. The summed E-state index contributed by atoms with van der Waals surface area (Å²) in [6.45, 7) is 2.52. The molecule has 1 aromatic rings. The number of ether oxygens (including phenoxy) is 2. The molecule has 1 rings (SSSR count). The van der Waals surface area contributed by atoms with Crippen molar-refractivity contribution < 1.29 is 32.0 Å². The Morgan fingerprint density at radius 1 is 1.43 bits per heavy atom. The Kier molecular flexibility index (Phi) is 5.91. The minimum Gasteiger partial charge on any atom is -0.611 e. The van der Waals surface area contributed by atoms with Crippen molar-refractivity contribution in [2.45, 2.75) is 31.0 Å². The van der Waals surface area contributed by atoms with Crippen LogP contribution < -0.4 is 4.74 Å². The number of alkyl halides is 3. The minimum atomic E-state index is -4.56. The van der Waals surface area contributed by atoms with Crippen LogP contribution in [-0.2, 0) is 15.9 Å². The number of rotatable bonds is 5. The molecule has 0 radical (unpaired) electrons. The maximum Gasteiger partial charge on any atom is 0.425 e. The van der Waals surface area contributed by atoms with E-state index in [0.29, 0.717) is 10.6 Å². The second kappa shape index (κ2) is 7.04. The van der Waals surface area contributed by atoms with E-state index in [-0.39, 0.29) is 11.3 Å². The van der Waals surface area contributed by atoms with Gasteiger partial charge in [0.2, 0.25) is 0 Å². The molecule has 0 saturated heterocycles. The van der Waals surface area contributed by atoms with Crippen LogP contribution in [0.2, 0.25) is 0 Å². The quantitative estimate of drug-likeness (QED) is 0.617. The molecule has 0 aliphatic carbocycles. The summed E-state index contributed by atoms with van der Waals surface area (Å²) < 4.78 is 58.6. The molecule has 2 unspecified atom stereocenters. The first-order valence-electron chi connectivity index (χ1n) is 6.04. The number of methoxy groups -OCH3 is 1. The van der Waals surface area contributed by atoms with Crippen LogP contribution >= 0.6 is 0 Å². The highest BCUT2D eigenvalue weighted by atomic mass is 32.2. The third-order valence-corrected chi connectivity index (χ3v) is 3.95. The lowest BCUT2D eigenvalue weighted by atomic mass is 10.2. The van der Waals surface area contributed by atoms with Crippen LogP contribution in [0.3, 0.4) is 0 Å². The molecule has 118 valence electrons. The summed E-state index contributed by atoms with van der Waals surface area (Å²) in [7, 11) is 1.10. The largest absolute Gasteiger partial charge is 0.611 e. The number of carbonyl (C=O) groups is 1. The Morgan fingerprint density at radius 3 is 2.52 bits per heavy atom. The normalized spacial score (nSPS) is 14.4. The molecule has 21 heavy (non-hydrogen) atoms. The van der Waals surface area contributed by atoms with Gasteiger partial charge >= 0.3 is 12.1 Å². The van der Waals surface area contributed by atoms with Gasteiger partial charge in [-0.15, -0.1) is 0 Å². The topological polar surface area (TPSA) is 58.6 Å². The van der Waals surface area contributed by atoms with Crippen LogP contribution in [0, 0.1) is 0 Å². The van der Waals surface area contributed by atoms with E-state index >= 15 is 0 Å². The molecule has 8 heteroatoms. The third kappa shape index (κ3) is 4.53. The monoisotopic (exact) mass is 324 g/mol. The summed E-state index contributed by atoms with van der Waals surface area (Å²) in [5.41, 5.74) is -0.187. The first-order valence-corrected chi connectivity index (χ1v) is 7.36. The van der Waals surface area contributed by atoms with E-state index < -0.39 is 29.4 Å². The third-order valence-electron chi connectivity index (χ3n) is 2.65. The molecule has 0 aromatic heterocycles. The molecule has 4 nitrogen and oxygen atoms in total. The zero-order chi connectivity index (χ0) is 16.2. The second-order valence-corrected chi connectivity index (χ2v) is 5.83. The highest BCUT2D eigenvalue weighted by molar-refractivity contribution is 7.91. The number of carbonyl (C=O) groups excluding carboxylic acids is 1. The Balaban J connectivity index is 3.16. The van der Waals surface area contributed by atoms with Gasteiger partial charge in [-0.25, -0.2) is 4.79 Å². The molecule has 0 bridgehead atoms. The SMILES string of the molecule is CC[S+]([O-])c1ccc(OC(C)C(F)(F)F)c(C(=O)OC)c1. The van der Waals surface area contributed by atoms with Gasteiger partial charge in [0.25, 0.3) is 0 Å². The molecule has 0 fully saturated rings. The van der Waals surface area contributed by atoms with Gasteiger partial charge in [-0.3, -0.25) is 0 Å². The molecule has 0 heterocycles. The van der Waals surface area contributed by atoms with Gasteiger partial charge in [-0.2, -0.15) is 13.2 Å². The Labute approximate surface area is 123 Å². The van der Waals surface area contributed by atoms with E-state index in [1.807, 2.05) is 0 Å². The molecule has 0 spiro atoms. The summed E-state index contributed by atoms with van der Waals surface area (Å²) in [5, 5.41) is 0. The molecule has 0 amide bonds. The van der Waals surface area contributed by atoms with Crippen LogP contribution in [0.4, 0.5) is 13.2 Å². The Morgan fingerprint density at radius 2 is 2.05 bits per heavy atom. The molecular weight excluding hydrogens is 309 g/mol. The van der Waals surface area contributed by atoms with Crippen LogP contribution in [0.25, 0.3) is 0 Å². The lowest BCUT2D eigenvalue weighted by Crippen LogP contribution is -2.31. The van der Waals surface area contributed by atoms with Crippen molar-refractivity contribution >= 4 is 17.1 Å². The summed E-state index contributed by atoms with van der Waals surface area (Å²) in [4.78, 5) is 12.0. The van der Waals surface area contributed by atoms with Crippen LogP contribution in [0.15, 0.2) is 23.1 Å². The predicted octanol–water partition coefficient (Wildman–Crippen LogP) is 2.93. The summed E-state index contributed by atoms with van der Waals surface area (Å²) in [5.74, 6) is -0.794. The van der Waals surface area contributed by atoms with Gasteiger partial charge in [0.15, 0.2) is 11.0 Å². The predicted molar refractivity (Wildman–Crippen MR) is 70.9 cm³/mol. The summed E-state index contributed by atoms with van der Waals surface area (Å²) in [6, 6.07) is 3.78. The fourth-order valence-electron chi connectivity index (χ4n) is 1.45. The standard InChI is InChI=1S/C13H15F3O4S/c1-4-21(18)9-5-6-11(10(7-9)12(17)19-3)20-8(2)13(14,15)16/h5-8H,4H2,1-3H3. The first-order chi connectivity index (χ1) is 9.70. The van der Waals surface area contributed by atoms with E-state index in [4.69, 9.17) is 4.74 Å². The van der Waals surface area contributed by atoms with E-state index in [1.165, 1.54) is 18.2 Å². The van der Waals surface area contributed by atoms with Crippen molar-refractivity contribution in [2.75, 3.05) is 12.9 Å². The molecule has 0 N–H and O–H groups in total. The summed E-state index contributed by atoms with van der Waals surface area (Å²) >= 11 is -1.34. The number of esters is 1. The maximum absolute atomic E-state index is 12.5. The van der Waals surface area contributed by atoms with Gasteiger partial charge in [0, 0.05) is 6.07 Å². The Bertz CT molecular complexity index is 505. The van der Waals surface area contributed by atoms with Gasteiger partial charge in [-0.1, -0.05) is 0 Å². The molecule has 2 atom stereocenters. The van der Waals surface area contributed by atoms with Gasteiger partial charge in [0.1, 0.15) is 17.1 Å². The maximum atomic E-state index is 12.5. The average molecular weight is 324 g/mol. The van der Waals surface area contributed by atoms with Crippen LogP contribution in [-0.4, -0.2) is 35.7 Å². The molecule has 0 aliphatic rings. The highest BCUT2D eigenvalue weighted by Crippen LogP contribution is 2.29. The van der Waals surface area contributed by atoms with Gasteiger partial charge < -0.3 is 14.0 Å². The van der Waals surface area contributed by atoms with E-state index in [2.05, 4.69) is 4.74 Å². The average Bonchev–Trinajstić information content (AvgIpc) is 2.44. The van der Waals surface area contributed by atoms with Gasteiger partial charge in [0.05, 0.1) is 7.11 Å². The number of hydrogen-bond donors (Lipinski definition) is 0. The van der Waals surface area contributed by atoms with Crippen molar-refractivity contribution in [1.82, 2.24) is 0 Å². The zero-order valence-corrected chi connectivity index (χ0v) is 12.5. The fourth-order valence-corrected chi connectivity index (χ4v) is 2.25. The Hall–Kier alpha value is -1.41. The van der Waals surface area contributed by atoms with Gasteiger partial charge in [-0.05, 0) is 37.2 Å². The van der Waals surface area contributed by atoms with E-state index in [1.54, 1.807) is 6.92 Å². The zero-order valence-electron chi connectivity index (χ0n) is 11.7. The first kappa shape index (κ1) is 17.6. The molecule has 0 saturated carbocycles. The van der Waals surface area contributed by atoms with Crippen molar-refractivity contribution in [2.24, 2.45) is 0 Å². The van der Waals surface area contributed by atoms with Crippen molar-refractivity contribution in [3.8, 4) is 5.75 Å². The van der Waals surface area contributed by atoms with Crippen LogP contribution in [0.1, 0.15) is 24.2 Å². The lowest BCUT2D eigenvalue weighted by Gasteiger charge is -2.19. The fraction of sp³-hybridized carbons (Fsp3) is 0.462. The van der Waals surface area contributed by atoms with Crippen molar-refractivity contribution in [3.63, 3.8) is 0 Å². The van der Waals surface area contributed by atoms with E-state index in [0.717, 1.165) is 14.0 Å². The van der Waals surface area contributed by atoms with E-state index in [9.17, 15) is 22.5 Å². The number of hydrogen-bond acceptors (Lipinski definition) is 4.